The average molecular weight is 270 g/mol. The van der Waals surface area contributed by atoms with Gasteiger partial charge >= 0.3 is 6.03 Å². The van der Waals surface area contributed by atoms with Crippen molar-refractivity contribution in [1.82, 2.24) is 20.5 Å². The smallest absolute Gasteiger partial charge is 0.321 e. The maximum atomic E-state index is 11.5. The van der Waals surface area contributed by atoms with Gasteiger partial charge in [0, 0.05) is 24.7 Å². The third-order valence-corrected chi connectivity index (χ3v) is 3.23. The maximum Gasteiger partial charge on any atom is 0.321 e. The van der Waals surface area contributed by atoms with E-state index in [9.17, 15) is 9.59 Å². The number of likely N-dealkylation sites (N-methyl/N-ethyl adjacent to an activating group) is 1. The first-order chi connectivity index (χ1) is 8.67. The Hall–Kier alpha value is -1.47. The van der Waals surface area contributed by atoms with Gasteiger partial charge in [0.05, 0.1) is 0 Å². The quantitative estimate of drug-likeness (QED) is 0.806. The van der Waals surface area contributed by atoms with Crippen LogP contribution in [0.5, 0.6) is 0 Å². The second-order valence-corrected chi connectivity index (χ2v) is 4.47. The SMILES string of the molecule is CCN(CC)CCNC(=O)NC(=O)c1nccs1. The van der Waals surface area contributed by atoms with Gasteiger partial charge in [0.15, 0.2) is 5.01 Å². The number of thiazole rings is 1. The molecule has 3 amide bonds. The summed E-state index contributed by atoms with van der Waals surface area (Å²) in [5.41, 5.74) is 0. The summed E-state index contributed by atoms with van der Waals surface area (Å²) in [6.45, 7) is 7.30. The molecule has 7 heteroatoms. The van der Waals surface area contributed by atoms with Gasteiger partial charge in [-0.2, -0.15) is 0 Å². The fourth-order valence-corrected chi connectivity index (χ4v) is 1.93. The van der Waals surface area contributed by atoms with Crippen LogP contribution in [0.1, 0.15) is 23.6 Å². The van der Waals surface area contributed by atoms with Crippen molar-refractivity contribution in [2.45, 2.75) is 13.8 Å². The van der Waals surface area contributed by atoms with E-state index in [-0.39, 0.29) is 5.01 Å². The molecule has 0 unspecified atom stereocenters. The van der Waals surface area contributed by atoms with Crippen molar-refractivity contribution < 1.29 is 9.59 Å². The van der Waals surface area contributed by atoms with Crippen LogP contribution in [0.25, 0.3) is 0 Å². The molecule has 1 aromatic rings. The molecule has 1 heterocycles. The molecule has 0 aromatic carbocycles. The number of amides is 3. The number of urea groups is 1. The lowest BCUT2D eigenvalue weighted by Gasteiger charge is -2.17. The lowest BCUT2D eigenvalue weighted by atomic mass is 10.4. The molecule has 0 aliphatic heterocycles. The van der Waals surface area contributed by atoms with E-state index in [4.69, 9.17) is 0 Å². The minimum absolute atomic E-state index is 0.286. The van der Waals surface area contributed by atoms with Gasteiger partial charge in [0.2, 0.25) is 0 Å². The highest BCUT2D eigenvalue weighted by Gasteiger charge is 2.11. The number of nitrogens with one attached hydrogen (secondary N) is 2. The zero-order valence-electron chi connectivity index (χ0n) is 10.6. The van der Waals surface area contributed by atoms with Gasteiger partial charge in [0.1, 0.15) is 0 Å². The molecule has 0 aliphatic rings. The van der Waals surface area contributed by atoms with Crippen LogP contribution in [0.4, 0.5) is 4.79 Å². The van der Waals surface area contributed by atoms with Crippen LogP contribution in [-0.2, 0) is 0 Å². The van der Waals surface area contributed by atoms with E-state index in [1.165, 1.54) is 17.5 Å². The van der Waals surface area contributed by atoms with E-state index in [1.807, 2.05) is 0 Å². The van der Waals surface area contributed by atoms with Crippen LogP contribution in [0.2, 0.25) is 0 Å². The van der Waals surface area contributed by atoms with Gasteiger partial charge in [-0.25, -0.2) is 9.78 Å². The molecule has 1 rings (SSSR count). The fourth-order valence-electron chi connectivity index (χ4n) is 1.40. The molecule has 0 saturated heterocycles. The lowest BCUT2D eigenvalue weighted by molar-refractivity contribution is 0.0963. The Bertz CT molecular complexity index is 376. The fraction of sp³-hybridized carbons (Fsp3) is 0.545. The number of carbonyl (C=O) groups is 2. The van der Waals surface area contributed by atoms with Crippen molar-refractivity contribution >= 4 is 23.3 Å². The van der Waals surface area contributed by atoms with Crippen molar-refractivity contribution in [3.63, 3.8) is 0 Å². The molecule has 0 saturated carbocycles. The lowest BCUT2D eigenvalue weighted by Crippen LogP contribution is -2.42. The van der Waals surface area contributed by atoms with E-state index in [0.717, 1.165) is 19.6 Å². The van der Waals surface area contributed by atoms with E-state index in [0.29, 0.717) is 6.54 Å². The summed E-state index contributed by atoms with van der Waals surface area (Å²) < 4.78 is 0. The monoisotopic (exact) mass is 270 g/mol. The van der Waals surface area contributed by atoms with Crippen molar-refractivity contribution in [2.24, 2.45) is 0 Å². The van der Waals surface area contributed by atoms with Gasteiger partial charge in [0.25, 0.3) is 5.91 Å². The highest BCUT2D eigenvalue weighted by molar-refractivity contribution is 7.11. The van der Waals surface area contributed by atoms with Crippen LogP contribution < -0.4 is 10.6 Å². The van der Waals surface area contributed by atoms with Gasteiger partial charge in [-0.15, -0.1) is 11.3 Å². The summed E-state index contributed by atoms with van der Waals surface area (Å²) in [6, 6.07) is -0.484. The first-order valence-electron chi connectivity index (χ1n) is 5.88. The Morgan fingerprint density at radius 3 is 2.67 bits per heavy atom. The molecule has 0 atom stereocenters. The van der Waals surface area contributed by atoms with Crippen molar-refractivity contribution in [3.05, 3.63) is 16.6 Å². The van der Waals surface area contributed by atoms with Crippen molar-refractivity contribution in [3.8, 4) is 0 Å². The third kappa shape index (κ3) is 4.80. The molecule has 0 radical (unpaired) electrons. The summed E-state index contributed by atoms with van der Waals surface area (Å²) in [5, 5.41) is 6.85. The predicted molar refractivity (Wildman–Crippen MR) is 70.8 cm³/mol. The molecule has 0 fully saturated rings. The largest absolute Gasteiger partial charge is 0.337 e. The highest BCUT2D eigenvalue weighted by atomic mass is 32.1. The molecule has 0 aliphatic carbocycles. The Labute approximate surface area is 110 Å². The summed E-state index contributed by atoms with van der Waals surface area (Å²) in [4.78, 5) is 28.9. The number of rotatable bonds is 6. The van der Waals surface area contributed by atoms with Crippen LogP contribution in [0.3, 0.4) is 0 Å². The van der Waals surface area contributed by atoms with Crippen LogP contribution in [0, 0.1) is 0 Å². The molecule has 100 valence electrons. The first-order valence-corrected chi connectivity index (χ1v) is 6.76. The minimum atomic E-state index is -0.484. The van der Waals surface area contributed by atoms with Gasteiger partial charge in [-0.3, -0.25) is 10.1 Å². The summed E-state index contributed by atoms with van der Waals surface area (Å²) >= 11 is 1.20. The molecule has 0 bridgehead atoms. The van der Waals surface area contributed by atoms with Crippen LogP contribution >= 0.6 is 11.3 Å². The Kier molecular flexibility index (Phi) is 6.31. The standard InChI is InChI=1S/C11H18N4O2S/c1-3-15(4-2)7-5-13-11(17)14-9(16)10-12-6-8-18-10/h6,8H,3-5,7H2,1-2H3,(H2,13,14,16,17). The molecule has 18 heavy (non-hydrogen) atoms. The van der Waals surface area contributed by atoms with E-state index >= 15 is 0 Å². The van der Waals surface area contributed by atoms with Crippen LogP contribution in [0.15, 0.2) is 11.6 Å². The first kappa shape index (κ1) is 14.6. The Morgan fingerprint density at radius 2 is 2.11 bits per heavy atom. The maximum absolute atomic E-state index is 11.5. The average Bonchev–Trinajstić information content (AvgIpc) is 2.88. The summed E-state index contributed by atoms with van der Waals surface area (Å²) in [6.07, 6.45) is 1.53. The minimum Gasteiger partial charge on any atom is -0.337 e. The Balaban J connectivity index is 2.24. The molecular weight excluding hydrogens is 252 g/mol. The molecule has 0 spiro atoms. The molecule has 6 nitrogen and oxygen atoms in total. The zero-order chi connectivity index (χ0) is 13.4. The second-order valence-electron chi connectivity index (χ2n) is 3.57. The number of hydrogen-bond donors (Lipinski definition) is 2. The van der Waals surface area contributed by atoms with E-state index in [1.54, 1.807) is 5.38 Å². The normalized spacial score (nSPS) is 10.4. The zero-order valence-corrected chi connectivity index (χ0v) is 11.4. The number of nitrogens with zero attached hydrogens (tertiary/aromatic N) is 2. The molecule has 1 aromatic heterocycles. The second kappa shape index (κ2) is 7.78. The summed E-state index contributed by atoms with van der Waals surface area (Å²) in [7, 11) is 0. The number of carbonyl (C=O) groups excluding carboxylic acids is 2. The molecular formula is C11H18N4O2S. The number of aromatic nitrogens is 1. The van der Waals surface area contributed by atoms with Gasteiger partial charge < -0.3 is 10.2 Å². The third-order valence-electron chi connectivity index (χ3n) is 2.46. The van der Waals surface area contributed by atoms with E-state index < -0.39 is 11.9 Å². The predicted octanol–water partition coefficient (Wildman–Crippen LogP) is 0.924. The summed E-state index contributed by atoms with van der Waals surface area (Å²) in [5.74, 6) is -0.467. The number of hydrogen-bond acceptors (Lipinski definition) is 5. The number of imide groups is 1. The van der Waals surface area contributed by atoms with E-state index in [2.05, 4.69) is 34.4 Å². The topological polar surface area (TPSA) is 74.3 Å². The van der Waals surface area contributed by atoms with Crippen molar-refractivity contribution in [2.75, 3.05) is 26.2 Å². The molecule has 2 N–H and O–H groups in total. The van der Waals surface area contributed by atoms with Crippen LogP contribution in [-0.4, -0.2) is 48.0 Å². The Morgan fingerprint density at radius 1 is 1.39 bits per heavy atom. The van der Waals surface area contributed by atoms with Crippen molar-refractivity contribution in [1.29, 1.82) is 0 Å². The van der Waals surface area contributed by atoms with Gasteiger partial charge in [-0.1, -0.05) is 13.8 Å². The highest BCUT2D eigenvalue weighted by Crippen LogP contribution is 2.02. The van der Waals surface area contributed by atoms with Gasteiger partial charge in [-0.05, 0) is 13.1 Å².